The topological polar surface area (TPSA) is 94.5 Å². The van der Waals surface area contributed by atoms with Gasteiger partial charge in [0.2, 0.25) is 0 Å². The molecule has 2 aliphatic carbocycles. The fourth-order valence-electron chi connectivity index (χ4n) is 2.85. The maximum atomic E-state index is 12.2. The Kier molecular flexibility index (Phi) is 2.41. The molecular weight excluding hydrogens is 274 g/mol. The molecule has 2 aromatic rings. The Morgan fingerprint density at radius 3 is 3.35 bits per heavy atom. The summed E-state index contributed by atoms with van der Waals surface area (Å²) in [5, 5.41) is 21.1. The van der Waals surface area contributed by atoms with Gasteiger partial charge in [-0.3, -0.25) is 9.89 Å². The molecule has 1 saturated carbocycles. The summed E-state index contributed by atoms with van der Waals surface area (Å²) < 4.78 is 0. The number of hydrogen-bond acceptors (Lipinski definition) is 5. The highest BCUT2D eigenvalue weighted by molar-refractivity contribution is 7.09. The van der Waals surface area contributed by atoms with E-state index in [-0.39, 0.29) is 5.91 Å². The van der Waals surface area contributed by atoms with Crippen molar-refractivity contribution in [1.29, 1.82) is 5.26 Å². The molecule has 100 valence electrons. The molecule has 20 heavy (non-hydrogen) atoms. The van der Waals surface area contributed by atoms with Crippen LogP contribution < -0.4 is 5.32 Å². The maximum Gasteiger partial charge on any atom is 0.272 e. The molecule has 0 unspecified atom stereocenters. The Morgan fingerprint density at radius 1 is 1.65 bits per heavy atom. The largest absolute Gasteiger partial charge is 0.344 e. The van der Waals surface area contributed by atoms with Gasteiger partial charge in [0.15, 0.2) is 11.4 Å². The van der Waals surface area contributed by atoms with Crippen LogP contribution in [0.3, 0.4) is 0 Å². The van der Waals surface area contributed by atoms with Crippen molar-refractivity contribution in [2.75, 3.05) is 0 Å². The van der Waals surface area contributed by atoms with Gasteiger partial charge in [0.25, 0.3) is 5.91 Å². The first-order valence-corrected chi connectivity index (χ1v) is 7.34. The molecule has 2 N–H and O–H groups in total. The fraction of sp³-hybridized carbons (Fsp3) is 0.385. The molecule has 0 aliphatic heterocycles. The van der Waals surface area contributed by atoms with Crippen LogP contribution in [0.5, 0.6) is 0 Å². The summed E-state index contributed by atoms with van der Waals surface area (Å²) in [5.74, 6) is 1.16. The summed E-state index contributed by atoms with van der Waals surface area (Å²) in [7, 11) is 0. The number of aromatic nitrogens is 3. The molecule has 0 radical (unpaired) electrons. The minimum atomic E-state index is -0.169. The second-order valence-corrected chi connectivity index (χ2v) is 6.13. The van der Waals surface area contributed by atoms with Gasteiger partial charge in [-0.25, -0.2) is 4.98 Å². The minimum Gasteiger partial charge on any atom is -0.344 e. The number of thiazole rings is 1. The maximum absolute atomic E-state index is 12.2. The smallest absolute Gasteiger partial charge is 0.272 e. The second-order valence-electron chi connectivity index (χ2n) is 5.19. The SMILES string of the molecule is N#Cc1csc(CNC(=O)c2n[nH]c3c2C[C@H]2C[C@@H]32)n1. The van der Waals surface area contributed by atoms with E-state index in [1.807, 2.05) is 6.07 Å². The molecule has 1 fully saturated rings. The zero-order valence-corrected chi connectivity index (χ0v) is 11.3. The third-order valence-electron chi connectivity index (χ3n) is 3.94. The summed E-state index contributed by atoms with van der Waals surface area (Å²) in [5.41, 5.74) is 3.14. The first-order chi connectivity index (χ1) is 9.76. The lowest BCUT2D eigenvalue weighted by Gasteiger charge is -2.02. The van der Waals surface area contributed by atoms with E-state index in [9.17, 15) is 4.79 Å². The van der Waals surface area contributed by atoms with Gasteiger partial charge in [0, 0.05) is 22.6 Å². The average molecular weight is 285 g/mol. The molecule has 2 aromatic heterocycles. The lowest BCUT2D eigenvalue weighted by atomic mass is 10.1. The molecule has 2 heterocycles. The first-order valence-electron chi connectivity index (χ1n) is 6.46. The monoisotopic (exact) mass is 285 g/mol. The number of rotatable bonds is 3. The van der Waals surface area contributed by atoms with E-state index in [0.29, 0.717) is 23.9 Å². The highest BCUT2D eigenvalue weighted by Crippen LogP contribution is 2.55. The lowest BCUT2D eigenvalue weighted by molar-refractivity contribution is 0.0945. The van der Waals surface area contributed by atoms with Gasteiger partial charge in [-0.1, -0.05) is 0 Å². The quantitative estimate of drug-likeness (QED) is 0.889. The van der Waals surface area contributed by atoms with Crippen molar-refractivity contribution < 1.29 is 4.79 Å². The van der Waals surface area contributed by atoms with Crippen LogP contribution in [0.15, 0.2) is 5.38 Å². The van der Waals surface area contributed by atoms with Crippen molar-refractivity contribution in [1.82, 2.24) is 20.5 Å². The van der Waals surface area contributed by atoms with Gasteiger partial charge in [-0.2, -0.15) is 10.4 Å². The standard InChI is InChI=1S/C13H11N5OS/c14-3-7-5-20-10(16-7)4-15-13(19)12-9-2-6-1-8(6)11(9)17-18-12/h5-6,8H,1-2,4H2,(H,15,19)(H,17,18)/t6-,8-/m1/s1. The third-order valence-corrected chi connectivity index (χ3v) is 4.79. The van der Waals surface area contributed by atoms with Crippen molar-refractivity contribution in [3.63, 3.8) is 0 Å². The predicted octanol–water partition coefficient (Wildman–Crippen LogP) is 1.33. The van der Waals surface area contributed by atoms with E-state index in [1.54, 1.807) is 5.38 Å². The van der Waals surface area contributed by atoms with Crippen LogP contribution in [-0.2, 0) is 13.0 Å². The molecule has 7 heteroatoms. The zero-order valence-electron chi connectivity index (χ0n) is 10.5. The Morgan fingerprint density at radius 2 is 2.55 bits per heavy atom. The number of nitrogens with zero attached hydrogens (tertiary/aromatic N) is 3. The lowest BCUT2D eigenvalue weighted by Crippen LogP contribution is -2.24. The molecular formula is C13H11N5OS. The predicted molar refractivity (Wildman–Crippen MR) is 71.1 cm³/mol. The van der Waals surface area contributed by atoms with Crippen LogP contribution in [-0.4, -0.2) is 21.1 Å². The summed E-state index contributed by atoms with van der Waals surface area (Å²) in [6.45, 7) is 0.333. The Hall–Kier alpha value is -2.20. The second kappa shape index (κ2) is 4.15. The number of fused-ring (bicyclic) bond motifs is 3. The van der Waals surface area contributed by atoms with Crippen molar-refractivity contribution in [2.24, 2.45) is 5.92 Å². The van der Waals surface area contributed by atoms with Crippen LogP contribution >= 0.6 is 11.3 Å². The van der Waals surface area contributed by atoms with Gasteiger partial charge in [0.05, 0.1) is 6.54 Å². The third kappa shape index (κ3) is 1.72. The van der Waals surface area contributed by atoms with Crippen LogP contribution in [0, 0.1) is 17.2 Å². The number of nitriles is 1. The van der Waals surface area contributed by atoms with Gasteiger partial charge in [0.1, 0.15) is 11.1 Å². The molecule has 0 spiro atoms. The van der Waals surface area contributed by atoms with Crippen LogP contribution in [0.25, 0.3) is 0 Å². The number of carbonyl (C=O) groups excluding carboxylic acids is 1. The normalized spacial score (nSPS) is 21.9. The molecule has 4 rings (SSSR count). The van der Waals surface area contributed by atoms with Crippen molar-refractivity contribution >= 4 is 17.2 Å². The van der Waals surface area contributed by atoms with Crippen molar-refractivity contribution in [3.8, 4) is 6.07 Å². The van der Waals surface area contributed by atoms with Crippen LogP contribution in [0.4, 0.5) is 0 Å². The highest BCUT2D eigenvalue weighted by Gasteiger charge is 2.48. The summed E-state index contributed by atoms with van der Waals surface area (Å²) in [4.78, 5) is 16.2. The number of H-pyrrole nitrogens is 1. The van der Waals surface area contributed by atoms with Crippen molar-refractivity contribution in [2.45, 2.75) is 25.3 Å². The van der Waals surface area contributed by atoms with E-state index in [1.165, 1.54) is 17.8 Å². The van der Waals surface area contributed by atoms with Gasteiger partial charge < -0.3 is 5.32 Å². The van der Waals surface area contributed by atoms with Gasteiger partial charge in [-0.05, 0) is 18.8 Å². The number of aromatic amines is 1. The molecule has 0 saturated heterocycles. The molecule has 6 nitrogen and oxygen atoms in total. The first kappa shape index (κ1) is 11.6. The van der Waals surface area contributed by atoms with E-state index in [4.69, 9.17) is 5.26 Å². The van der Waals surface area contributed by atoms with Gasteiger partial charge >= 0.3 is 0 Å². The Balaban J connectivity index is 1.46. The number of hydrogen-bond donors (Lipinski definition) is 2. The van der Waals surface area contributed by atoms with E-state index in [0.717, 1.165) is 28.6 Å². The molecule has 2 atom stereocenters. The van der Waals surface area contributed by atoms with E-state index < -0.39 is 0 Å². The summed E-state index contributed by atoms with van der Waals surface area (Å²) in [6, 6.07) is 1.98. The van der Waals surface area contributed by atoms with Crippen LogP contribution in [0.1, 0.15) is 44.8 Å². The molecule has 0 bridgehead atoms. The molecule has 0 aromatic carbocycles. The Labute approximate surface area is 118 Å². The Bertz CT molecular complexity index is 740. The minimum absolute atomic E-state index is 0.169. The summed E-state index contributed by atoms with van der Waals surface area (Å²) in [6.07, 6.45) is 2.20. The van der Waals surface area contributed by atoms with Crippen LogP contribution in [0.2, 0.25) is 0 Å². The van der Waals surface area contributed by atoms with E-state index in [2.05, 4.69) is 20.5 Å². The average Bonchev–Trinajstić information content (AvgIpc) is 2.86. The highest BCUT2D eigenvalue weighted by atomic mass is 32.1. The molecule has 1 amide bonds. The number of amides is 1. The van der Waals surface area contributed by atoms with Gasteiger partial charge in [-0.15, -0.1) is 11.3 Å². The molecule has 2 aliphatic rings. The number of carbonyl (C=O) groups is 1. The zero-order chi connectivity index (χ0) is 13.7. The van der Waals surface area contributed by atoms with Crippen molar-refractivity contribution in [3.05, 3.63) is 33.0 Å². The fourth-order valence-corrected chi connectivity index (χ4v) is 3.51. The summed E-state index contributed by atoms with van der Waals surface area (Å²) >= 11 is 1.37. The number of nitrogens with one attached hydrogen (secondary N) is 2. The van der Waals surface area contributed by atoms with E-state index >= 15 is 0 Å².